The van der Waals surface area contributed by atoms with Gasteiger partial charge < -0.3 is 10.5 Å². The van der Waals surface area contributed by atoms with Crippen molar-refractivity contribution < 1.29 is 13.9 Å². The van der Waals surface area contributed by atoms with Crippen molar-refractivity contribution in [1.82, 2.24) is 0 Å². The van der Waals surface area contributed by atoms with Crippen molar-refractivity contribution in [3.05, 3.63) is 77.3 Å². The Kier molecular flexibility index (Phi) is 9.32. The van der Waals surface area contributed by atoms with Crippen LogP contribution in [0.1, 0.15) is 58.4 Å². The van der Waals surface area contributed by atoms with Crippen LogP contribution in [0.5, 0.6) is 0 Å². The minimum absolute atomic E-state index is 0.00153. The maximum Gasteiger partial charge on any atom is 0.313 e. The Morgan fingerprint density at radius 3 is 2.51 bits per heavy atom. The van der Waals surface area contributed by atoms with Crippen molar-refractivity contribution in [2.75, 3.05) is 0 Å². The molecule has 0 amide bonds. The summed E-state index contributed by atoms with van der Waals surface area (Å²) in [4.78, 5) is 12.7. The molecule has 3 fully saturated rings. The molecule has 1 heterocycles. The van der Waals surface area contributed by atoms with Gasteiger partial charge in [-0.2, -0.15) is 0 Å². The Bertz CT molecular complexity index is 1080. The Hall–Kier alpha value is -3.50. The second-order valence-corrected chi connectivity index (χ2v) is 9.41. The lowest BCUT2D eigenvalue weighted by atomic mass is 9.71. The number of hydrogen-bond donors (Lipinski definition) is 1. The lowest BCUT2D eigenvalue weighted by Gasteiger charge is -2.30. The molecule has 3 nitrogen and oxygen atoms in total. The zero-order chi connectivity index (χ0) is 26.2. The number of rotatable bonds is 4. The summed E-state index contributed by atoms with van der Waals surface area (Å²) in [5.41, 5.74) is 9.60. The van der Waals surface area contributed by atoms with Gasteiger partial charge in [-0.3, -0.25) is 4.79 Å². The summed E-state index contributed by atoms with van der Waals surface area (Å²) >= 11 is 0. The van der Waals surface area contributed by atoms with Crippen LogP contribution in [-0.2, 0) is 9.53 Å². The molecule has 184 valence electrons. The fourth-order valence-corrected chi connectivity index (χ4v) is 5.74. The average molecular weight is 474 g/mol. The van der Waals surface area contributed by atoms with Crippen molar-refractivity contribution in [2.45, 2.75) is 59.0 Å². The van der Waals surface area contributed by atoms with E-state index in [9.17, 15) is 9.18 Å². The molecule has 2 N–H and O–H groups in total. The normalized spacial score (nSPS) is 31.0. The average Bonchev–Trinajstić information content (AvgIpc) is 3.49. The van der Waals surface area contributed by atoms with E-state index in [4.69, 9.17) is 10.5 Å². The van der Waals surface area contributed by atoms with Crippen molar-refractivity contribution >= 4 is 11.5 Å². The molecule has 1 aromatic rings. The highest BCUT2D eigenvalue weighted by Gasteiger charge is 2.78. The summed E-state index contributed by atoms with van der Waals surface area (Å²) in [5.74, 6) is 0.0101. The molecule has 35 heavy (non-hydrogen) atoms. The van der Waals surface area contributed by atoms with E-state index in [2.05, 4.69) is 38.7 Å². The largest absolute Gasteiger partial charge is 0.462 e. The maximum absolute atomic E-state index is 13.4. The second-order valence-electron chi connectivity index (χ2n) is 9.41. The minimum Gasteiger partial charge on any atom is -0.462 e. The molecule has 0 radical (unpaired) electrons. The topological polar surface area (TPSA) is 52.3 Å². The van der Waals surface area contributed by atoms with Crippen molar-refractivity contribution in [3.8, 4) is 25.7 Å². The van der Waals surface area contributed by atoms with Gasteiger partial charge in [0, 0.05) is 17.0 Å². The molecule has 0 bridgehead atoms. The molecule has 0 aromatic heterocycles. The van der Waals surface area contributed by atoms with Gasteiger partial charge in [0.15, 0.2) is 0 Å². The zero-order valence-corrected chi connectivity index (χ0v) is 21.0. The monoisotopic (exact) mass is 473 g/mol. The van der Waals surface area contributed by atoms with Crippen LogP contribution in [0.4, 0.5) is 4.39 Å². The van der Waals surface area contributed by atoms with Gasteiger partial charge in [-0.1, -0.05) is 49.3 Å². The summed E-state index contributed by atoms with van der Waals surface area (Å²) < 4.78 is 19.0. The number of carbonyl (C=O) groups excluding carboxylic acids is 1. The Morgan fingerprint density at radius 2 is 1.89 bits per heavy atom. The first-order valence-electron chi connectivity index (χ1n) is 12.0. The number of halogens is 1. The van der Waals surface area contributed by atoms with Gasteiger partial charge in [0.2, 0.25) is 0 Å². The van der Waals surface area contributed by atoms with Crippen LogP contribution in [0, 0.1) is 48.3 Å². The van der Waals surface area contributed by atoms with Gasteiger partial charge >= 0.3 is 5.97 Å². The summed E-state index contributed by atoms with van der Waals surface area (Å²) in [6, 6.07) is 6.53. The first kappa shape index (κ1) is 27.7. The first-order valence-corrected chi connectivity index (χ1v) is 12.0. The second kappa shape index (κ2) is 11.8. The third-order valence-electron chi connectivity index (χ3n) is 7.75. The number of hydrogen-bond acceptors (Lipinski definition) is 3. The fraction of sp³-hybridized carbons (Fsp3) is 0.387. The van der Waals surface area contributed by atoms with Crippen LogP contribution in [-0.4, -0.2) is 12.1 Å². The van der Waals surface area contributed by atoms with E-state index < -0.39 is 0 Å². The molecule has 2 aliphatic carbocycles. The van der Waals surface area contributed by atoms with Gasteiger partial charge in [-0.25, -0.2) is 4.39 Å². The number of allylic oxidation sites excluding steroid dienone is 7. The van der Waals surface area contributed by atoms with E-state index in [1.54, 1.807) is 6.07 Å². The highest BCUT2D eigenvalue weighted by atomic mass is 19.1. The van der Waals surface area contributed by atoms with E-state index in [-0.39, 0.29) is 34.6 Å². The zero-order valence-electron chi connectivity index (χ0n) is 21.0. The van der Waals surface area contributed by atoms with Gasteiger partial charge in [-0.05, 0) is 75.0 Å². The predicted octanol–water partition coefficient (Wildman–Crippen LogP) is 6.58. The van der Waals surface area contributed by atoms with Gasteiger partial charge in [-0.15, -0.1) is 25.7 Å². The van der Waals surface area contributed by atoms with Crippen LogP contribution in [0.3, 0.4) is 0 Å². The van der Waals surface area contributed by atoms with Crippen LogP contribution >= 0.6 is 0 Å². The smallest absolute Gasteiger partial charge is 0.313 e. The lowest BCUT2D eigenvalue weighted by Crippen LogP contribution is -2.28. The van der Waals surface area contributed by atoms with E-state index >= 15 is 0 Å². The molecule has 1 saturated heterocycles. The third-order valence-corrected chi connectivity index (χ3v) is 7.75. The molecular weight excluding hydrogens is 437 g/mol. The van der Waals surface area contributed by atoms with E-state index in [1.165, 1.54) is 24.1 Å². The molecule has 2 saturated carbocycles. The van der Waals surface area contributed by atoms with Gasteiger partial charge in [0.1, 0.15) is 11.9 Å². The number of ether oxygens (including phenoxy) is 1. The molecule has 3 aliphatic rings. The van der Waals surface area contributed by atoms with Crippen molar-refractivity contribution in [3.63, 3.8) is 0 Å². The predicted molar refractivity (Wildman–Crippen MR) is 142 cm³/mol. The molecule has 4 heteroatoms. The molecule has 2 unspecified atom stereocenters. The molecule has 4 atom stereocenters. The number of terminal acetylenes is 2. The number of carbonyl (C=O) groups is 1. The van der Waals surface area contributed by atoms with Crippen molar-refractivity contribution in [2.24, 2.45) is 22.5 Å². The Morgan fingerprint density at radius 1 is 1.17 bits per heavy atom. The van der Waals surface area contributed by atoms with E-state index in [0.29, 0.717) is 5.70 Å². The number of nitrogens with two attached hydrogens (primary N) is 1. The summed E-state index contributed by atoms with van der Waals surface area (Å²) in [7, 11) is 0. The molecular formula is C31H36FNO2. The SMILES string of the molecule is C#C.C#C.C\C(=C/C=C(N)/C=C/C=C1\CCCCC12CC21C(=O)O[C@H](C)[C@H]1C)c1cccc(F)c1. The Balaban J connectivity index is 0.00000103. The Labute approximate surface area is 210 Å². The number of esters is 1. The quantitative estimate of drug-likeness (QED) is 0.305. The fourth-order valence-electron chi connectivity index (χ4n) is 5.74. The number of fused-ring (bicyclic) bond motifs is 1. The summed E-state index contributed by atoms with van der Waals surface area (Å²) in [6.07, 6.45) is 31.1. The minimum atomic E-state index is -0.321. The van der Waals surface area contributed by atoms with Crippen LogP contribution in [0.25, 0.3) is 5.57 Å². The standard InChI is InChI=1S/C27H32FNO2.2C2H2/c1-18(21-8-6-11-23(28)16-21)13-14-24(29)12-7-10-22-9-4-5-15-26(22)17-27(26)19(2)20(3)31-25(27)30;2*1-2/h6-8,10-14,16,19-20H,4-5,9,15,17,29H2,1-3H3;2*1-2H/b12-7+,18-13+,22-10+,24-14-;;/t19-,20-,26?,27?;;/m1../s1. The first-order chi connectivity index (χ1) is 16.8. The number of benzene rings is 1. The van der Waals surface area contributed by atoms with Crippen LogP contribution in [0.15, 0.2) is 65.9 Å². The summed E-state index contributed by atoms with van der Waals surface area (Å²) in [6.45, 7) is 6.12. The van der Waals surface area contributed by atoms with Crippen LogP contribution < -0.4 is 5.73 Å². The third kappa shape index (κ3) is 5.28. The van der Waals surface area contributed by atoms with Gasteiger partial charge in [0.05, 0.1) is 5.41 Å². The molecule has 4 rings (SSSR count). The van der Waals surface area contributed by atoms with Crippen LogP contribution in [0.2, 0.25) is 0 Å². The molecule has 1 aromatic carbocycles. The number of cyclic esters (lactones) is 1. The van der Waals surface area contributed by atoms with Gasteiger partial charge in [0.25, 0.3) is 0 Å². The molecule has 1 aliphatic heterocycles. The molecule has 2 spiro atoms. The highest BCUT2D eigenvalue weighted by Crippen LogP contribution is 2.78. The lowest BCUT2D eigenvalue weighted by molar-refractivity contribution is -0.145. The highest BCUT2D eigenvalue weighted by molar-refractivity contribution is 5.86. The van der Waals surface area contributed by atoms with Crippen molar-refractivity contribution in [1.29, 1.82) is 0 Å². The van der Waals surface area contributed by atoms with E-state index in [1.807, 2.05) is 44.2 Å². The van der Waals surface area contributed by atoms with E-state index in [0.717, 1.165) is 36.8 Å². The summed E-state index contributed by atoms with van der Waals surface area (Å²) in [5, 5.41) is 0. The maximum atomic E-state index is 13.4.